The van der Waals surface area contributed by atoms with Gasteiger partial charge in [0.1, 0.15) is 0 Å². The first kappa shape index (κ1) is 14.2. The lowest BCUT2D eigenvalue weighted by molar-refractivity contribution is 0.0892. The molecule has 0 aliphatic carbocycles. The van der Waals surface area contributed by atoms with E-state index in [1.165, 1.54) is 0 Å². The lowest BCUT2D eigenvalue weighted by atomic mass is 9.92. The molecule has 1 aromatic heterocycles. The van der Waals surface area contributed by atoms with Crippen molar-refractivity contribution in [3.63, 3.8) is 0 Å². The Hall–Kier alpha value is -1.78. The highest BCUT2D eigenvalue weighted by atomic mass is 16.5. The highest BCUT2D eigenvalue weighted by molar-refractivity contribution is 6.01. The number of carbonyl (C=O) groups excluding carboxylic acids is 1. The van der Waals surface area contributed by atoms with Gasteiger partial charge in [-0.05, 0) is 37.7 Å². The van der Waals surface area contributed by atoms with Crippen molar-refractivity contribution in [3.8, 4) is 0 Å². The summed E-state index contributed by atoms with van der Waals surface area (Å²) in [6.07, 6.45) is 0. The average molecular weight is 284 g/mol. The van der Waals surface area contributed by atoms with Crippen LogP contribution in [0.3, 0.4) is 0 Å². The second kappa shape index (κ2) is 5.92. The Labute approximate surface area is 124 Å². The molecule has 0 bridgehead atoms. The molecule has 0 spiro atoms. The average Bonchev–Trinajstić information content (AvgIpc) is 2.94. The number of aryl methyl sites for hydroxylation is 1. The van der Waals surface area contributed by atoms with Crippen LogP contribution in [0.5, 0.6) is 0 Å². The summed E-state index contributed by atoms with van der Waals surface area (Å²) in [7, 11) is 0. The highest BCUT2D eigenvalue weighted by Crippen LogP contribution is 2.22. The third-order valence-electron chi connectivity index (χ3n) is 4.00. The summed E-state index contributed by atoms with van der Waals surface area (Å²) in [5, 5.41) is 4.34. The Kier molecular flexibility index (Phi) is 3.99. The molecule has 0 radical (unpaired) electrons. The quantitative estimate of drug-likeness (QED) is 0.876. The van der Waals surface area contributed by atoms with Gasteiger partial charge in [-0.1, -0.05) is 13.0 Å². The van der Waals surface area contributed by atoms with Gasteiger partial charge in [0.25, 0.3) is 0 Å². The van der Waals surface area contributed by atoms with E-state index in [2.05, 4.69) is 10.3 Å². The summed E-state index contributed by atoms with van der Waals surface area (Å²) in [5.74, 6) is 0.0572. The molecule has 1 aliphatic rings. The molecule has 1 aromatic carbocycles. The minimum atomic E-state index is -0.0965. The van der Waals surface area contributed by atoms with Crippen LogP contribution in [0.1, 0.15) is 23.0 Å². The molecule has 0 saturated carbocycles. The summed E-state index contributed by atoms with van der Waals surface area (Å²) in [6.45, 7) is 5.97. The number of pyridine rings is 1. The van der Waals surface area contributed by atoms with E-state index in [1.807, 2.05) is 44.2 Å². The maximum absolute atomic E-state index is 12.7. The van der Waals surface area contributed by atoms with E-state index >= 15 is 0 Å². The largest absolute Gasteiger partial charge is 0.379 e. The van der Waals surface area contributed by atoms with E-state index in [-0.39, 0.29) is 17.7 Å². The van der Waals surface area contributed by atoms with E-state index < -0.39 is 0 Å². The van der Waals surface area contributed by atoms with Crippen molar-refractivity contribution in [3.05, 3.63) is 41.6 Å². The summed E-state index contributed by atoms with van der Waals surface area (Å²) in [6, 6.07) is 9.84. The van der Waals surface area contributed by atoms with Gasteiger partial charge in [0.2, 0.25) is 0 Å². The SMILES string of the molecule is CCNC1COCC1C(=O)c1ccc2nc(C)ccc2c1. The second-order valence-corrected chi connectivity index (χ2v) is 5.53. The third kappa shape index (κ3) is 2.82. The molecule has 1 fully saturated rings. The molecular weight excluding hydrogens is 264 g/mol. The van der Waals surface area contributed by atoms with Gasteiger partial charge in [0.05, 0.1) is 24.6 Å². The number of likely N-dealkylation sites (N-methyl/N-ethyl adjacent to an activating group) is 1. The maximum atomic E-state index is 12.7. The van der Waals surface area contributed by atoms with Crippen LogP contribution in [0.2, 0.25) is 0 Å². The summed E-state index contributed by atoms with van der Waals surface area (Å²) in [4.78, 5) is 17.2. The summed E-state index contributed by atoms with van der Waals surface area (Å²) in [5.41, 5.74) is 2.65. The molecule has 1 aliphatic heterocycles. The first-order chi connectivity index (χ1) is 10.2. The van der Waals surface area contributed by atoms with Gasteiger partial charge >= 0.3 is 0 Å². The van der Waals surface area contributed by atoms with E-state index in [0.717, 1.165) is 28.7 Å². The zero-order valence-electron chi connectivity index (χ0n) is 12.4. The molecule has 1 saturated heterocycles. The smallest absolute Gasteiger partial charge is 0.169 e. The topological polar surface area (TPSA) is 51.2 Å². The van der Waals surface area contributed by atoms with Gasteiger partial charge in [-0.25, -0.2) is 0 Å². The third-order valence-corrected chi connectivity index (χ3v) is 4.00. The van der Waals surface area contributed by atoms with Gasteiger partial charge in [-0.3, -0.25) is 9.78 Å². The Balaban J connectivity index is 1.89. The van der Waals surface area contributed by atoms with Crippen LogP contribution in [0.4, 0.5) is 0 Å². The van der Waals surface area contributed by atoms with Crippen LogP contribution in [-0.2, 0) is 4.74 Å². The van der Waals surface area contributed by atoms with Gasteiger partial charge in [-0.2, -0.15) is 0 Å². The highest BCUT2D eigenvalue weighted by Gasteiger charge is 2.33. The van der Waals surface area contributed by atoms with Crippen molar-refractivity contribution < 1.29 is 9.53 Å². The number of nitrogens with one attached hydrogen (secondary N) is 1. The number of fused-ring (bicyclic) bond motifs is 1. The fourth-order valence-electron chi connectivity index (χ4n) is 2.87. The lowest BCUT2D eigenvalue weighted by Gasteiger charge is -2.17. The van der Waals surface area contributed by atoms with Crippen molar-refractivity contribution in [1.82, 2.24) is 10.3 Å². The van der Waals surface area contributed by atoms with Gasteiger partial charge in [-0.15, -0.1) is 0 Å². The van der Waals surface area contributed by atoms with Gasteiger partial charge in [0, 0.05) is 22.7 Å². The normalized spacial score (nSPS) is 21.8. The molecular formula is C17H20N2O2. The Morgan fingerprint density at radius 1 is 1.33 bits per heavy atom. The van der Waals surface area contributed by atoms with E-state index in [4.69, 9.17) is 4.74 Å². The zero-order chi connectivity index (χ0) is 14.8. The minimum absolute atomic E-state index is 0.0965. The van der Waals surface area contributed by atoms with Gasteiger partial charge in [0.15, 0.2) is 5.78 Å². The Morgan fingerprint density at radius 3 is 3.00 bits per heavy atom. The summed E-state index contributed by atoms with van der Waals surface area (Å²) < 4.78 is 5.47. The maximum Gasteiger partial charge on any atom is 0.169 e. The van der Waals surface area contributed by atoms with E-state index in [0.29, 0.717) is 13.2 Å². The van der Waals surface area contributed by atoms with E-state index in [9.17, 15) is 4.79 Å². The molecule has 2 aromatic rings. The molecule has 21 heavy (non-hydrogen) atoms. The number of nitrogens with zero attached hydrogens (tertiary/aromatic N) is 1. The molecule has 1 N–H and O–H groups in total. The predicted octanol–water partition coefficient (Wildman–Crippen LogP) is 2.35. The number of carbonyl (C=O) groups is 1. The van der Waals surface area contributed by atoms with E-state index in [1.54, 1.807) is 0 Å². The van der Waals surface area contributed by atoms with Gasteiger partial charge < -0.3 is 10.1 Å². The Morgan fingerprint density at radius 2 is 2.19 bits per heavy atom. The van der Waals surface area contributed by atoms with Crippen molar-refractivity contribution in [2.24, 2.45) is 5.92 Å². The van der Waals surface area contributed by atoms with Crippen LogP contribution in [0.15, 0.2) is 30.3 Å². The molecule has 4 heteroatoms. The standard InChI is InChI=1S/C17H20N2O2/c1-3-18-16-10-21-9-14(16)17(20)13-6-7-15-12(8-13)5-4-11(2)19-15/h4-8,14,16,18H,3,9-10H2,1-2H3. The molecule has 4 nitrogen and oxygen atoms in total. The lowest BCUT2D eigenvalue weighted by Crippen LogP contribution is -2.39. The minimum Gasteiger partial charge on any atom is -0.379 e. The number of Topliss-reactive ketones (excluding diaryl/α,β-unsaturated/α-hetero) is 1. The van der Waals surface area contributed by atoms with Crippen LogP contribution in [-0.4, -0.2) is 36.6 Å². The van der Waals surface area contributed by atoms with Crippen molar-refractivity contribution in [1.29, 1.82) is 0 Å². The first-order valence-corrected chi connectivity index (χ1v) is 7.42. The first-order valence-electron chi connectivity index (χ1n) is 7.42. The fraction of sp³-hybridized carbons (Fsp3) is 0.412. The van der Waals surface area contributed by atoms with Crippen molar-refractivity contribution in [2.75, 3.05) is 19.8 Å². The molecule has 3 rings (SSSR count). The summed E-state index contributed by atoms with van der Waals surface area (Å²) >= 11 is 0. The number of benzene rings is 1. The van der Waals surface area contributed by atoms with Crippen molar-refractivity contribution in [2.45, 2.75) is 19.9 Å². The van der Waals surface area contributed by atoms with Crippen LogP contribution in [0, 0.1) is 12.8 Å². The molecule has 0 amide bonds. The second-order valence-electron chi connectivity index (χ2n) is 5.53. The number of ketones is 1. The molecule has 2 atom stereocenters. The number of aromatic nitrogens is 1. The van der Waals surface area contributed by atoms with Crippen LogP contribution in [0.25, 0.3) is 10.9 Å². The fourth-order valence-corrected chi connectivity index (χ4v) is 2.87. The van der Waals surface area contributed by atoms with Crippen LogP contribution >= 0.6 is 0 Å². The molecule has 2 heterocycles. The monoisotopic (exact) mass is 284 g/mol. The molecule has 110 valence electrons. The molecule has 2 unspecified atom stereocenters. The Bertz CT molecular complexity index is 669. The number of hydrogen-bond acceptors (Lipinski definition) is 4. The van der Waals surface area contributed by atoms with Crippen molar-refractivity contribution >= 4 is 16.7 Å². The number of rotatable bonds is 4. The number of ether oxygens (including phenoxy) is 1. The number of hydrogen-bond donors (Lipinski definition) is 1. The predicted molar refractivity (Wildman–Crippen MR) is 82.6 cm³/mol. The zero-order valence-corrected chi connectivity index (χ0v) is 12.4. The van der Waals surface area contributed by atoms with Crippen LogP contribution < -0.4 is 5.32 Å².